The molecule has 2 heterocycles. The molecule has 21 heavy (non-hydrogen) atoms. The topological polar surface area (TPSA) is 29.3 Å². The van der Waals surface area contributed by atoms with Gasteiger partial charge in [-0.25, -0.2) is 9.37 Å². The fourth-order valence-electron chi connectivity index (χ4n) is 2.83. The molecule has 0 spiro atoms. The van der Waals surface area contributed by atoms with Gasteiger partial charge in [0.25, 0.3) is 0 Å². The Labute approximate surface area is 122 Å². The van der Waals surface area contributed by atoms with Gasteiger partial charge in [0.15, 0.2) is 5.58 Å². The predicted octanol–water partition coefficient (Wildman–Crippen LogP) is 4.23. The van der Waals surface area contributed by atoms with Crippen LogP contribution in [0, 0.1) is 5.82 Å². The van der Waals surface area contributed by atoms with Crippen LogP contribution in [0.15, 0.2) is 46.9 Å². The lowest BCUT2D eigenvalue weighted by Crippen LogP contribution is -2.17. The number of nitrogens with zero attached hydrogens (tertiary/aromatic N) is 2. The summed E-state index contributed by atoms with van der Waals surface area (Å²) in [6.07, 6.45) is 2.48. The average Bonchev–Trinajstić information content (AvgIpc) is 3.16. The summed E-state index contributed by atoms with van der Waals surface area (Å²) in [7, 11) is 0. The smallest absolute Gasteiger partial charge is 0.227 e. The number of rotatable bonds is 2. The van der Waals surface area contributed by atoms with Gasteiger partial charge in [0.05, 0.1) is 0 Å². The Kier molecular flexibility index (Phi) is 2.88. The summed E-state index contributed by atoms with van der Waals surface area (Å²) in [6.45, 7) is 2.19. The molecular formula is C17H15FN2O. The van der Waals surface area contributed by atoms with Crippen LogP contribution in [0.2, 0.25) is 0 Å². The van der Waals surface area contributed by atoms with Crippen molar-refractivity contribution in [3.63, 3.8) is 0 Å². The second-order valence-corrected chi connectivity index (χ2v) is 5.38. The summed E-state index contributed by atoms with van der Waals surface area (Å²) in [6, 6.07) is 12.4. The zero-order chi connectivity index (χ0) is 14.2. The van der Waals surface area contributed by atoms with Gasteiger partial charge >= 0.3 is 0 Å². The van der Waals surface area contributed by atoms with Crippen molar-refractivity contribution in [1.82, 2.24) is 4.98 Å². The Bertz CT molecular complexity index is 790. The number of aromatic nitrogens is 1. The van der Waals surface area contributed by atoms with Crippen LogP contribution in [0.1, 0.15) is 12.8 Å². The van der Waals surface area contributed by atoms with Gasteiger partial charge < -0.3 is 9.32 Å². The molecule has 4 heteroatoms. The molecule has 1 saturated heterocycles. The predicted molar refractivity (Wildman–Crippen MR) is 80.9 cm³/mol. The molecule has 3 nitrogen and oxygen atoms in total. The van der Waals surface area contributed by atoms with Crippen molar-refractivity contribution >= 4 is 16.8 Å². The number of hydrogen-bond donors (Lipinski definition) is 0. The fraction of sp³-hybridized carbons (Fsp3) is 0.235. The van der Waals surface area contributed by atoms with Gasteiger partial charge in [0.1, 0.15) is 11.3 Å². The zero-order valence-corrected chi connectivity index (χ0v) is 11.6. The molecule has 1 aromatic heterocycles. The van der Waals surface area contributed by atoms with Crippen LogP contribution in [-0.4, -0.2) is 18.1 Å². The van der Waals surface area contributed by atoms with E-state index in [9.17, 15) is 4.39 Å². The lowest BCUT2D eigenvalue weighted by Gasteiger charge is -2.16. The third-order valence-corrected chi connectivity index (χ3v) is 3.91. The molecule has 0 radical (unpaired) electrons. The fourth-order valence-corrected chi connectivity index (χ4v) is 2.83. The largest absolute Gasteiger partial charge is 0.436 e. The molecule has 0 aliphatic carbocycles. The second kappa shape index (κ2) is 4.88. The molecule has 0 saturated carbocycles. The van der Waals surface area contributed by atoms with Gasteiger partial charge in [-0.3, -0.25) is 0 Å². The SMILES string of the molecule is Fc1cccc(-c2nc3cc(N4CCCC4)ccc3o2)c1. The Balaban J connectivity index is 1.75. The van der Waals surface area contributed by atoms with Crippen LogP contribution in [0.3, 0.4) is 0 Å². The van der Waals surface area contributed by atoms with Crippen LogP contribution in [-0.2, 0) is 0 Å². The minimum Gasteiger partial charge on any atom is -0.436 e. The number of halogens is 1. The summed E-state index contributed by atoms with van der Waals surface area (Å²) in [4.78, 5) is 6.85. The molecule has 0 atom stereocenters. The third-order valence-electron chi connectivity index (χ3n) is 3.91. The lowest BCUT2D eigenvalue weighted by molar-refractivity contribution is 0.611. The molecular weight excluding hydrogens is 267 g/mol. The minimum absolute atomic E-state index is 0.285. The highest BCUT2D eigenvalue weighted by Gasteiger charge is 2.15. The van der Waals surface area contributed by atoms with Crippen molar-refractivity contribution in [3.05, 3.63) is 48.3 Å². The lowest BCUT2D eigenvalue weighted by atomic mass is 10.2. The standard InChI is InChI=1S/C17H15FN2O/c18-13-5-3-4-12(10-13)17-19-15-11-14(6-7-16(15)21-17)20-8-1-2-9-20/h3-7,10-11H,1-2,8-9H2. The second-order valence-electron chi connectivity index (χ2n) is 5.38. The van der Waals surface area contributed by atoms with Gasteiger partial charge in [-0.15, -0.1) is 0 Å². The average molecular weight is 282 g/mol. The van der Waals surface area contributed by atoms with Gasteiger partial charge in [-0.2, -0.15) is 0 Å². The van der Waals surface area contributed by atoms with Crippen molar-refractivity contribution in [2.45, 2.75) is 12.8 Å². The minimum atomic E-state index is -0.285. The van der Waals surface area contributed by atoms with Crippen molar-refractivity contribution in [2.75, 3.05) is 18.0 Å². The number of oxazole rings is 1. The third kappa shape index (κ3) is 2.27. The summed E-state index contributed by atoms with van der Waals surface area (Å²) in [5.41, 5.74) is 3.39. The first kappa shape index (κ1) is 12.4. The Morgan fingerprint density at radius 2 is 1.90 bits per heavy atom. The van der Waals surface area contributed by atoms with E-state index in [0.29, 0.717) is 11.5 Å². The summed E-state index contributed by atoms with van der Waals surface area (Å²) >= 11 is 0. The molecule has 4 rings (SSSR count). The maximum Gasteiger partial charge on any atom is 0.227 e. The number of fused-ring (bicyclic) bond motifs is 1. The molecule has 1 aliphatic rings. The number of benzene rings is 2. The molecule has 1 aliphatic heterocycles. The number of anilines is 1. The quantitative estimate of drug-likeness (QED) is 0.704. The van der Waals surface area contributed by atoms with Crippen LogP contribution in [0.4, 0.5) is 10.1 Å². The maximum absolute atomic E-state index is 13.3. The molecule has 1 fully saturated rings. The van der Waals surface area contributed by atoms with E-state index in [0.717, 1.165) is 24.2 Å². The highest BCUT2D eigenvalue weighted by molar-refractivity contribution is 5.80. The van der Waals surface area contributed by atoms with E-state index in [4.69, 9.17) is 4.42 Å². The van der Waals surface area contributed by atoms with Crippen LogP contribution in [0.5, 0.6) is 0 Å². The van der Waals surface area contributed by atoms with Gasteiger partial charge in [0, 0.05) is 24.3 Å². The van der Waals surface area contributed by atoms with Crippen LogP contribution >= 0.6 is 0 Å². The summed E-state index contributed by atoms with van der Waals surface area (Å²) in [5, 5.41) is 0. The van der Waals surface area contributed by atoms with E-state index < -0.39 is 0 Å². The van der Waals surface area contributed by atoms with E-state index in [2.05, 4.69) is 16.0 Å². The Morgan fingerprint density at radius 1 is 1.05 bits per heavy atom. The van der Waals surface area contributed by atoms with Gasteiger partial charge in [-0.1, -0.05) is 6.07 Å². The molecule has 2 aromatic carbocycles. The summed E-state index contributed by atoms with van der Waals surface area (Å²) < 4.78 is 19.0. The van der Waals surface area contributed by atoms with E-state index in [-0.39, 0.29) is 5.82 Å². The van der Waals surface area contributed by atoms with Crippen molar-refractivity contribution in [1.29, 1.82) is 0 Å². The Morgan fingerprint density at radius 3 is 2.71 bits per heavy atom. The summed E-state index contributed by atoms with van der Waals surface area (Å²) in [5.74, 6) is 0.176. The van der Waals surface area contributed by atoms with E-state index in [1.54, 1.807) is 12.1 Å². The van der Waals surface area contributed by atoms with Crippen molar-refractivity contribution in [3.8, 4) is 11.5 Å². The van der Waals surface area contributed by atoms with Crippen LogP contribution < -0.4 is 4.90 Å². The molecule has 0 amide bonds. The monoisotopic (exact) mass is 282 g/mol. The van der Waals surface area contributed by atoms with Crippen LogP contribution in [0.25, 0.3) is 22.6 Å². The zero-order valence-electron chi connectivity index (χ0n) is 11.6. The van der Waals surface area contributed by atoms with Gasteiger partial charge in [0.2, 0.25) is 5.89 Å². The van der Waals surface area contributed by atoms with Crippen molar-refractivity contribution in [2.24, 2.45) is 0 Å². The first-order chi connectivity index (χ1) is 10.3. The van der Waals surface area contributed by atoms with E-state index in [1.807, 2.05) is 12.1 Å². The molecule has 106 valence electrons. The van der Waals surface area contributed by atoms with Crippen molar-refractivity contribution < 1.29 is 8.81 Å². The van der Waals surface area contributed by atoms with E-state index >= 15 is 0 Å². The van der Waals surface area contributed by atoms with Gasteiger partial charge in [-0.05, 0) is 49.2 Å². The molecule has 0 bridgehead atoms. The first-order valence-electron chi connectivity index (χ1n) is 7.21. The molecule has 3 aromatic rings. The van der Waals surface area contributed by atoms with E-state index in [1.165, 1.54) is 30.7 Å². The molecule has 0 N–H and O–H groups in total. The maximum atomic E-state index is 13.3. The normalized spacial score (nSPS) is 15.0. The first-order valence-corrected chi connectivity index (χ1v) is 7.21. The molecule has 0 unspecified atom stereocenters. The number of hydrogen-bond acceptors (Lipinski definition) is 3. The highest BCUT2D eigenvalue weighted by atomic mass is 19.1. The Hall–Kier alpha value is -2.36. The highest BCUT2D eigenvalue weighted by Crippen LogP contribution is 2.29.